The van der Waals surface area contributed by atoms with Gasteiger partial charge < -0.3 is 0 Å². The van der Waals surface area contributed by atoms with Crippen molar-refractivity contribution in [2.24, 2.45) is 5.92 Å². The zero-order valence-corrected chi connectivity index (χ0v) is 8.73. The highest BCUT2D eigenvalue weighted by atomic mass is 35.5. The molecule has 1 aromatic carbocycles. The number of benzene rings is 1. The van der Waals surface area contributed by atoms with Gasteiger partial charge in [-0.15, -0.1) is 0 Å². The van der Waals surface area contributed by atoms with Crippen LogP contribution in [0, 0.1) is 5.92 Å². The Morgan fingerprint density at radius 1 is 1.31 bits per heavy atom. The maximum atomic E-state index is 5.97. The highest BCUT2D eigenvalue weighted by molar-refractivity contribution is 6.30. The Balaban J connectivity index is 2.48. The van der Waals surface area contributed by atoms with Crippen LogP contribution in [-0.4, -0.2) is 0 Å². The molecular weight excluding hydrogens is 180 g/mol. The smallest absolute Gasteiger partial charge is 0.0412 e. The average Bonchev–Trinajstić information content (AvgIpc) is 2.46. The van der Waals surface area contributed by atoms with Gasteiger partial charge in [0.05, 0.1) is 0 Å². The first-order valence-corrected chi connectivity index (χ1v) is 5.05. The lowest BCUT2D eigenvalue weighted by Crippen LogP contribution is -1.91. The maximum absolute atomic E-state index is 5.97. The average molecular weight is 193 g/mol. The topological polar surface area (TPSA) is 0 Å². The molecular formula is C12H13Cl. The Morgan fingerprint density at radius 3 is 2.77 bits per heavy atom. The lowest BCUT2D eigenvalue weighted by Gasteiger charge is -2.09. The Labute approximate surface area is 84.2 Å². The summed E-state index contributed by atoms with van der Waals surface area (Å²) in [5.41, 5.74) is 4.20. The van der Waals surface area contributed by atoms with Crippen molar-refractivity contribution in [1.29, 1.82) is 0 Å². The van der Waals surface area contributed by atoms with Gasteiger partial charge in [-0.1, -0.05) is 37.6 Å². The molecule has 0 nitrogen and oxygen atoms in total. The standard InChI is InChI=1S/C12H13Cl/c1-8(2)11-6-4-9-3-5-10(13)7-12(9)11/h3,5-8H,4H2,1-2H3. The third-order valence-corrected chi connectivity index (χ3v) is 2.78. The van der Waals surface area contributed by atoms with Gasteiger partial charge in [0.2, 0.25) is 0 Å². The van der Waals surface area contributed by atoms with Crippen molar-refractivity contribution in [3.8, 4) is 0 Å². The van der Waals surface area contributed by atoms with Crippen LogP contribution in [-0.2, 0) is 6.42 Å². The van der Waals surface area contributed by atoms with E-state index in [-0.39, 0.29) is 0 Å². The molecule has 2 rings (SSSR count). The van der Waals surface area contributed by atoms with E-state index in [0.717, 1.165) is 11.4 Å². The van der Waals surface area contributed by atoms with Crippen molar-refractivity contribution in [2.75, 3.05) is 0 Å². The van der Waals surface area contributed by atoms with Gasteiger partial charge in [0.15, 0.2) is 0 Å². The molecule has 0 aromatic heterocycles. The number of rotatable bonds is 1. The van der Waals surface area contributed by atoms with E-state index < -0.39 is 0 Å². The number of hydrogen-bond acceptors (Lipinski definition) is 0. The minimum Gasteiger partial charge on any atom is -0.0843 e. The molecule has 0 saturated carbocycles. The van der Waals surface area contributed by atoms with Crippen LogP contribution in [0.2, 0.25) is 5.02 Å². The van der Waals surface area contributed by atoms with Crippen LogP contribution in [0.5, 0.6) is 0 Å². The summed E-state index contributed by atoms with van der Waals surface area (Å²) >= 11 is 5.97. The van der Waals surface area contributed by atoms with E-state index in [1.165, 1.54) is 16.7 Å². The molecule has 0 aliphatic heterocycles. The zero-order valence-electron chi connectivity index (χ0n) is 7.97. The van der Waals surface area contributed by atoms with Crippen molar-refractivity contribution in [3.05, 3.63) is 40.4 Å². The Morgan fingerprint density at radius 2 is 2.08 bits per heavy atom. The molecule has 68 valence electrons. The Bertz CT molecular complexity index is 361. The van der Waals surface area contributed by atoms with E-state index in [4.69, 9.17) is 11.6 Å². The summed E-state index contributed by atoms with van der Waals surface area (Å²) in [6.45, 7) is 4.45. The summed E-state index contributed by atoms with van der Waals surface area (Å²) in [5, 5.41) is 0.840. The van der Waals surface area contributed by atoms with E-state index in [9.17, 15) is 0 Å². The van der Waals surface area contributed by atoms with Gasteiger partial charge in [0.1, 0.15) is 0 Å². The molecule has 1 aliphatic rings. The molecule has 0 N–H and O–H groups in total. The molecule has 0 heterocycles. The summed E-state index contributed by atoms with van der Waals surface area (Å²) in [6.07, 6.45) is 3.38. The van der Waals surface area contributed by atoms with Crippen LogP contribution >= 0.6 is 11.6 Å². The highest BCUT2D eigenvalue weighted by Gasteiger charge is 2.16. The lowest BCUT2D eigenvalue weighted by atomic mass is 9.97. The minimum absolute atomic E-state index is 0.597. The van der Waals surface area contributed by atoms with Crippen LogP contribution in [0.1, 0.15) is 25.0 Å². The molecule has 0 radical (unpaired) electrons. The summed E-state index contributed by atoms with van der Waals surface area (Å²) in [5.74, 6) is 0.597. The van der Waals surface area contributed by atoms with E-state index in [0.29, 0.717) is 5.92 Å². The second-order valence-corrected chi connectivity index (χ2v) is 4.26. The fourth-order valence-corrected chi connectivity index (χ4v) is 2.04. The molecule has 0 amide bonds. The van der Waals surface area contributed by atoms with Gasteiger partial charge in [-0.3, -0.25) is 0 Å². The van der Waals surface area contributed by atoms with Crippen LogP contribution in [0.3, 0.4) is 0 Å². The van der Waals surface area contributed by atoms with Crippen molar-refractivity contribution in [2.45, 2.75) is 20.3 Å². The van der Waals surface area contributed by atoms with Gasteiger partial charge in [0, 0.05) is 5.02 Å². The predicted octanol–water partition coefficient (Wildman–Crippen LogP) is 3.94. The summed E-state index contributed by atoms with van der Waals surface area (Å²) in [4.78, 5) is 0. The number of fused-ring (bicyclic) bond motifs is 1. The van der Waals surface area contributed by atoms with Crippen LogP contribution in [0.25, 0.3) is 5.57 Å². The van der Waals surface area contributed by atoms with E-state index in [1.54, 1.807) is 0 Å². The second-order valence-electron chi connectivity index (χ2n) is 3.82. The molecule has 0 atom stereocenters. The number of halogens is 1. The minimum atomic E-state index is 0.597. The fraction of sp³-hybridized carbons (Fsp3) is 0.333. The molecule has 0 spiro atoms. The van der Waals surface area contributed by atoms with E-state index in [2.05, 4.69) is 32.1 Å². The van der Waals surface area contributed by atoms with Gasteiger partial charge in [-0.05, 0) is 41.2 Å². The number of hydrogen-bond donors (Lipinski definition) is 0. The van der Waals surface area contributed by atoms with Crippen molar-refractivity contribution in [3.63, 3.8) is 0 Å². The Hall–Kier alpha value is -0.750. The quantitative estimate of drug-likeness (QED) is 0.633. The molecule has 1 aliphatic carbocycles. The number of allylic oxidation sites excluding steroid dienone is 2. The summed E-state index contributed by atoms with van der Waals surface area (Å²) < 4.78 is 0. The molecule has 13 heavy (non-hydrogen) atoms. The second kappa shape index (κ2) is 3.19. The third-order valence-electron chi connectivity index (χ3n) is 2.55. The summed E-state index contributed by atoms with van der Waals surface area (Å²) in [6, 6.07) is 6.18. The summed E-state index contributed by atoms with van der Waals surface area (Å²) in [7, 11) is 0. The van der Waals surface area contributed by atoms with Gasteiger partial charge in [-0.25, -0.2) is 0 Å². The normalized spacial score (nSPS) is 14.6. The molecule has 0 saturated heterocycles. The monoisotopic (exact) mass is 192 g/mol. The van der Waals surface area contributed by atoms with Gasteiger partial charge in [-0.2, -0.15) is 0 Å². The maximum Gasteiger partial charge on any atom is 0.0412 e. The first-order chi connectivity index (χ1) is 6.18. The first kappa shape index (κ1) is 8.83. The zero-order chi connectivity index (χ0) is 9.42. The SMILES string of the molecule is CC(C)C1=CCc2ccc(Cl)cc21. The van der Waals surface area contributed by atoms with Crippen LogP contribution in [0.4, 0.5) is 0 Å². The molecule has 1 aromatic rings. The van der Waals surface area contributed by atoms with Gasteiger partial charge in [0.25, 0.3) is 0 Å². The molecule has 0 unspecified atom stereocenters. The first-order valence-electron chi connectivity index (χ1n) is 4.67. The van der Waals surface area contributed by atoms with Crippen molar-refractivity contribution in [1.82, 2.24) is 0 Å². The highest BCUT2D eigenvalue weighted by Crippen LogP contribution is 2.34. The van der Waals surface area contributed by atoms with Gasteiger partial charge >= 0.3 is 0 Å². The van der Waals surface area contributed by atoms with Crippen molar-refractivity contribution >= 4 is 17.2 Å². The van der Waals surface area contributed by atoms with E-state index >= 15 is 0 Å². The lowest BCUT2D eigenvalue weighted by molar-refractivity contribution is 0.857. The molecule has 0 bridgehead atoms. The third kappa shape index (κ3) is 1.51. The van der Waals surface area contributed by atoms with Crippen LogP contribution < -0.4 is 0 Å². The fourth-order valence-electron chi connectivity index (χ4n) is 1.87. The molecule has 0 fully saturated rings. The predicted molar refractivity (Wildman–Crippen MR) is 58.0 cm³/mol. The van der Waals surface area contributed by atoms with E-state index in [1.807, 2.05) is 6.07 Å². The van der Waals surface area contributed by atoms with Crippen LogP contribution in [0.15, 0.2) is 24.3 Å². The Kier molecular flexibility index (Phi) is 2.17. The largest absolute Gasteiger partial charge is 0.0843 e. The molecule has 1 heteroatoms. The van der Waals surface area contributed by atoms with Crippen molar-refractivity contribution < 1.29 is 0 Å².